The second-order valence-corrected chi connectivity index (χ2v) is 1.99. The summed E-state index contributed by atoms with van der Waals surface area (Å²) < 4.78 is 0. The van der Waals surface area contributed by atoms with Crippen molar-refractivity contribution in [2.75, 3.05) is 22.9 Å². The molecule has 1 rings (SSSR count). The third-order valence-corrected chi connectivity index (χ3v) is 1.27. The molecule has 0 spiro atoms. The monoisotopic (exact) mass is 200 g/mol. The first kappa shape index (κ1) is 9.94. The van der Waals surface area contributed by atoms with Gasteiger partial charge in [-0.2, -0.15) is 12.1 Å². The van der Waals surface area contributed by atoms with E-state index in [0.717, 1.165) is 0 Å². The van der Waals surface area contributed by atoms with Gasteiger partial charge in [-0.1, -0.05) is 11.4 Å². The maximum Gasteiger partial charge on any atom is 1.00 e. The zero-order chi connectivity index (χ0) is 7.72. The van der Waals surface area contributed by atoms with Crippen molar-refractivity contribution in [1.29, 1.82) is 0 Å². The van der Waals surface area contributed by atoms with Crippen LogP contribution in [0.1, 0.15) is 0 Å². The van der Waals surface area contributed by atoms with Crippen LogP contribution in [0.4, 0.5) is 22.7 Å². The van der Waals surface area contributed by atoms with Crippen LogP contribution in [0.3, 0.4) is 0 Å². The Morgan fingerprint density at radius 3 is 2.00 bits per heavy atom. The Hall–Kier alpha value is -1.06. The first-order valence-corrected chi connectivity index (χ1v) is 2.73. The number of benzene rings is 1. The molecule has 1 aromatic rings. The predicted octanol–water partition coefficient (Wildman–Crippen LogP) is -0.187. The zero-order valence-electron chi connectivity index (χ0n) is 5.69. The predicted molar refractivity (Wildman–Crippen MR) is 42.9 cm³/mol. The molecule has 8 N–H and O–H groups in total. The van der Waals surface area contributed by atoms with Gasteiger partial charge in [0.25, 0.3) is 0 Å². The molecule has 5 heteroatoms. The minimum atomic E-state index is 0. The first-order chi connectivity index (χ1) is 4.63. The average Bonchev–Trinajstić information content (AvgIpc) is 1.93. The summed E-state index contributed by atoms with van der Waals surface area (Å²) in [6.45, 7) is 0. The number of nitrogens with two attached hydrogens (primary N) is 4. The van der Waals surface area contributed by atoms with Crippen molar-refractivity contribution in [3.8, 4) is 0 Å². The molecule has 0 saturated carbocycles. The van der Waals surface area contributed by atoms with Crippen LogP contribution in [-0.4, -0.2) is 0 Å². The maximum atomic E-state index is 5.43. The van der Waals surface area contributed by atoms with Crippen LogP contribution in [0.5, 0.6) is 0 Å². The smallest absolute Gasteiger partial charge is 0.448 e. The Labute approximate surface area is 75.4 Å². The zero-order valence-corrected chi connectivity index (χ0v) is 6.63. The Morgan fingerprint density at radius 2 is 1.55 bits per heavy atom. The van der Waals surface area contributed by atoms with Crippen molar-refractivity contribution in [3.05, 3.63) is 12.1 Å². The molecule has 0 amide bonds. The van der Waals surface area contributed by atoms with Gasteiger partial charge in [-0.15, -0.1) is 0 Å². The van der Waals surface area contributed by atoms with Gasteiger partial charge in [0.15, 0.2) is 0 Å². The molecule has 0 fully saturated rings. The first-order valence-electron chi connectivity index (χ1n) is 2.73. The van der Waals surface area contributed by atoms with Crippen molar-refractivity contribution in [2.24, 2.45) is 0 Å². The van der Waals surface area contributed by atoms with Gasteiger partial charge < -0.3 is 22.9 Å². The molecule has 0 heterocycles. The molecule has 11 heavy (non-hydrogen) atoms. The number of anilines is 4. The second kappa shape index (κ2) is 3.37. The normalized spacial score (nSPS) is 8.73. The van der Waals surface area contributed by atoms with E-state index in [1.807, 2.05) is 0 Å². The quantitative estimate of drug-likeness (QED) is 0.265. The number of nitrogen functional groups attached to an aromatic ring is 4. The van der Waals surface area contributed by atoms with Crippen molar-refractivity contribution in [1.82, 2.24) is 0 Å². The molecule has 0 aliphatic rings. The molecule has 0 aliphatic carbocycles. The third-order valence-electron chi connectivity index (χ3n) is 1.27. The molecule has 0 aromatic heterocycles. The Kier molecular flexibility index (Phi) is 3.04. The van der Waals surface area contributed by atoms with Crippen LogP contribution in [0.2, 0.25) is 0 Å². The number of hydrogen-bond acceptors (Lipinski definition) is 4. The Balaban J connectivity index is 0.000001000. The fourth-order valence-electron chi connectivity index (χ4n) is 0.612. The molecule has 0 atom stereocenters. The topological polar surface area (TPSA) is 104 Å². The van der Waals surface area contributed by atoms with Crippen LogP contribution in [-0.2, 0) is 17.1 Å². The van der Waals surface area contributed by atoms with Crippen LogP contribution < -0.4 is 22.9 Å². The SMILES string of the molecule is Nc1[c-]cc(N)c(N)c1N.[Cu+]. The van der Waals surface area contributed by atoms with E-state index in [-0.39, 0.29) is 17.1 Å². The van der Waals surface area contributed by atoms with E-state index in [1.165, 1.54) is 6.07 Å². The fraction of sp³-hybridized carbons (Fsp3) is 0. The van der Waals surface area contributed by atoms with E-state index in [9.17, 15) is 0 Å². The van der Waals surface area contributed by atoms with E-state index >= 15 is 0 Å². The van der Waals surface area contributed by atoms with Gasteiger partial charge in [-0.25, -0.2) is 0 Å². The summed E-state index contributed by atoms with van der Waals surface area (Å²) in [6, 6.07) is 4.16. The van der Waals surface area contributed by atoms with Crippen molar-refractivity contribution >= 4 is 22.7 Å². The molecular formula is C6H9CuN4. The van der Waals surface area contributed by atoms with E-state index < -0.39 is 0 Å². The summed E-state index contributed by atoms with van der Waals surface area (Å²) in [5, 5.41) is 0. The molecule has 4 nitrogen and oxygen atoms in total. The summed E-state index contributed by atoms with van der Waals surface area (Å²) in [6.07, 6.45) is 0. The van der Waals surface area contributed by atoms with Crippen LogP contribution in [0, 0.1) is 6.07 Å². The summed E-state index contributed by atoms with van der Waals surface area (Å²) in [7, 11) is 0. The van der Waals surface area contributed by atoms with Gasteiger partial charge in [0.05, 0.1) is 0 Å². The van der Waals surface area contributed by atoms with Crippen molar-refractivity contribution < 1.29 is 17.1 Å². The second-order valence-electron chi connectivity index (χ2n) is 1.99. The van der Waals surface area contributed by atoms with Crippen LogP contribution in [0.25, 0.3) is 0 Å². The minimum Gasteiger partial charge on any atom is -0.448 e. The molecule has 0 bridgehead atoms. The molecule has 0 saturated heterocycles. The standard InChI is InChI=1S/C6H9N4.Cu/c7-3-1-2-4(8)6(10)5(3)9;/h1H,7-10H2;/q-1;+1. The molecular weight excluding hydrogens is 192 g/mol. The third kappa shape index (κ3) is 1.69. The van der Waals surface area contributed by atoms with Crippen molar-refractivity contribution in [3.63, 3.8) is 0 Å². The van der Waals surface area contributed by atoms with Gasteiger partial charge in [0.2, 0.25) is 0 Å². The molecule has 0 radical (unpaired) electrons. The van der Waals surface area contributed by atoms with E-state index in [2.05, 4.69) is 6.07 Å². The average molecular weight is 201 g/mol. The Morgan fingerprint density at radius 1 is 1.00 bits per heavy atom. The van der Waals surface area contributed by atoms with E-state index in [0.29, 0.717) is 22.7 Å². The molecule has 64 valence electrons. The van der Waals surface area contributed by atoms with Crippen molar-refractivity contribution in [2.45, 2.75) is 0 Å². The number of rotatable bonds is 0. The Bertz CT molecular complexity index is 234. The van der Waals surface area contributed by atoms with Crippen LogP contribution in [0.15, 0.2) is 6.07 Å². The van der Waals surface area contributed by atoms with Gasteiger partial charge >= 0.3 is 17.1 Å². The van der Waals surface area contributed by atoms with Gasteiger partial charge in [-0.05, 0) is 11.4 Å². The minimum absolute atomic E-state index is 0. The maximum absolute atomic E-state index is 5.43. The summed E-state index contributed by atoms with van der Waals surface area (Å²) in [4.78, 5) is 0. The summed E-state index contributed by atoms with van der Waals surface area (Å²) >= 11 is 0. The largest absolute Gasteiger partial charge is 1.00 e. The van der Waals surface area contributed by atoms with E-state index in [1.54, 1.807) is 0 Å². The van der Waals surface area contributed by atoms with Gasteiger partial charge in [-0.3, -0.25) is 0 Å². The molecule has 1 aromatic carbocycles. The number of hydrogen-bond donors (Lipinski definition) is 4. The van der Waals surface area contributed by atoms with Gasteiger partial charge in [0, 0.05) is 0 Å². The summed E-state index contributed by atoms with van der Waals surface area (Å²) in [5.74, 6) is 0. The molecule has 0 unspecified atom stereocenters. The molecule has 0 aliphatic heterocycles. The van der Waals surface area contributed by atoms with Crippen LogP contribution >= 0.6 is 0 Å². The van der Waals surface area contributed by atoms with E-state index in [4.69, 9.17) is 22.9 Å². The summed E-state index contributed by atoms with van der Waals surface area (Å²) in [5.41, 5.74) is 23.0. The van der Waals surface area contributed by atoms with Gasteiger partial charge in [0.1, 0.15) is 0 Å². The fourth-order valence-corrected chi connectivity index (χ4v) is 0.612.